The van der Waals surface area contributed by atoms with Gasteiger partial charge in [-0.1, -0.05) is 26.0 Å². The molecule has 4 aromatic rings. The van der Waals surface area contributed by atoms with E-state index in [1.165, 1.54) is 39.8 Å². The van der Waals surface area contributed by atoms with Crippen molar-refractivity contribution in [1.29, 1.82) is 0 Å². The number of carbonyl (C=O) groups is 1. The van der Waals surface area contributed by atoms with Gasteiger partial charge in [0, 0.05) is 36.8 Å². The number of fused-ring (bicyclic) bond motifs is 2. The zero-order valence-electron chi connectivity index (χ0n) is 21.9. The summed E-state index contributed by atoms with van der Waals surface area (Å²) in [5.74, 6) is -1.15. The summed E-state index contributed by atoms with van der Waals surface area (Å²) in [5.41, 5.74) is 6.97. The first kappa shape index (κ1) is 27.7. The van der Waals surface area contributed by atoms with E-state index >= 15 is 0 Å². The summed E-state index contributed by atoms with van der Waals surface area (Å²) in [4.78, 5) is 17.5. The van der Waals surface area contributed by atoms with Crippen molar-refractivity contribution in [2.75, 3.05) is 26.3 Å². The third kappa shape index (κ3) is 5.70. The summed E-state index contributed by atoms with van der Waals surface area (Å²) in [7, 11) is 0. The van der Waals surface area contributed by atoms with E-state index in [1.807, 2.05) is 0 Å². The van der Waals surface area contributed by atoms with Gasteiger partial charge in [-0.25, -0.2) is 9.37 Å². The molecule has 2 atom stereocenters. The molecule has 0 saturated carbocycles. The Labute approximate surface area is 226 Å². The van der Waals surface area contributed by atoms with Crippen molar-refractivity contribution >= 4 is 22.5 Å². The highest BCUT2D eigenvalue weighted by Gasteiger charge is 2.46. The van der Waals surface area contributed by atoms with Gasteiger partial charge in [-0.2, -0.15) is 13.2 Å². The molecule has 0 amide bonds. The molecule has 1 aromatic carbocycles. The highest BCUT2D eigenvalue weighted by molar-refractivity contribution is 5.82. The maximum Gasteiger partial charge on any atom is 0.408 e. The molecule has 0 radical (unpaired) electrons. The highest BCUT2D eigenvalue weighted by atomic mass is 19.4. The number of nitrogens with two attached hydrogens (primary N) is 1. The largest absolute Gasteiger partial charge is 0.487 e. The lowest BCUT2D eigenvalue weighted by Gasteiger charge is -2.30. The molecule has 13 heteroatoms. The molecular formula is C27H28F4N6O3. The lowest BCUT2D eigenvalue weighted by Crippen LogP contribution is -2.38. The lowest BCUT2D eigenvalue weighted by atomic mass is 10.1. The number of alkyl halides is 3. The average Bonchev–Trinajstić information content (AvgIpc) is 3.51. The van der Waals surface area contributed by atoms with Crippen LogP contribution in [0.15, 0.2) is 42.6 Å². The van der Waals surface area contributed by atoms with Gasteiger partial charge in [0.05, 0.1) is 11.4 Å². The van der Waals surface area contributed by atoms with E-state index in [0.29, 0.717) is 28.7 Å². The summed E-state index contributed by atoms with van der Waals surface area (Å²) < 4.78 is 69.1. The molecular weight excluding hydrogens is 532 g/mol. The molecule has 1 unspecified atom stereocenters. The molecule has 1 aliphatic rings. The molecule has 0 bridgehead atoms. The molecule has 4 heterocycles. The Morgan fingerprint density at radius 1 is 1.15 bits per heavy atom. The van der Waals surface area contributed by atoms with Crippen molar-refractivity contribution in [1.82, 2.24) is 24.5 Å². The van der Waals surface area contributed by atoms with Crippen LogP contribution >= 0.6 is 0 Å². The predicted molar refractivity (Wildman–Crippen MR) is 138 cm³/mol. The lowest BCUT2D eigenvalue weighted by molar-refractivity contribution is -0.183. The Bertz CT molecular complexity index is 1540. The Morgan fingerprint density at radius 3 is 2.65 bits per heavy atom. The minimum Gasteiger partial charge on any atom is -0.487 e. The molecule has 1 aliphatic heterocycles. The Morgan fingerprint density at radius 2 is 1.95 bits per heavy atom. The number of nitrogens with zero attached hydrogens (tertiary/aromatic N) is 5. The van der Waals surface area contributed by atoms with Crippen molar-refractivity contribution in [3.8, 4) is 17.3 Å². The first-order chi connectivity index (χ1) is 19.0. The first-order valence-corrected chi connectivity index (χ1v) is 12.8. The molecule has 0 aliphatic carbocycles. The summed E-state index contributed by atoms with van der Waals surface area (Å²) in [5, 5.41) is 8.73. The fourth-order valence-electron chi connectivity index (χ4n) is 4.72. The molecule has 9 nitrogen and oxygen atoms in total. The summed E-state index contributed by atoms with van der Waals surface area (Å²) in [6.45, 7) is 3.69. The van der Waals surface area contributed by atoms with Gasteiger partial charge in [0.1, 0.15) is 24.9 Å². The van der Waals surface area contributed by atoms with Crippen molar-refractivity contribution in [3.05, 3.63) is 54.0 Å². The van der Waals surface area contributed by atoms with Gasteiger partial charge < -0.3 is 15.2 Å². The molecule has 1 fully saturated rings. The molecule has 5 rings (SSSR count). The van der Waals surface area contributed by atoms with Crippen molar-refractivity contribution in [2.45, 2.75) is 38.5 Å². The molecule has 3 aromatic heterocycles. The third-order valence-corrected chi connectivity index (χ3v) is 6.70. The Hall–Kier alpha value is -3.84. The minimum atomic E-state index is -4.51. The zero-order chi connectivity index (χ0) is 28.6. The quantitative estimate of drug-likeness (QED) is 0.193. The number of carbonyl (C=O) groups excluding carboxylic acids is 1. The molecule has 212 valence electrons. The monoisotopic (exact) mass is 560 g/mol. The predicted octanol–water partition coefficient (Wildman–Crippen LogP) is 4.30. The maximum atomic E-state index is 14.6. The Kier molecular flexibility index (Phi) is 7.60. The fourth-order valence-corrected chi connectivity index (χ4v) is 4.72. The number of benzene rings is 1. The van der Waals surface area contributed by atoms with Gasteiger partial charge in [0.2, 0.25) is 0 Å². The van der Waals surface area contributed by atoms with Crippen LogP contribution in [0.2, 0.25) is 0 Å². The van der Waals surface area contributed by atoms with Crippen LogP contribution in [0.5, 0.6) is 5.75 Å². The highest BCUT2D eigenvalue weighted by Crippen LogP contribution is 2.39. The van der Waals surface area contributed by atoms with Crippen LogP contribution in [0.3, 0.4) is 0 Å². The van der Waals surface area contributed by atoms with Gasteiger partial charge in [-0.15, -0.1) is 10.2 Å². The van der Waals surface area contributed by atoms with Crippen molar-refractivity contribution in [3.63, 3.8) is 0 Å². The fraction of sp³-hybridized carbons (Fsp3) is 0.407. The van der Waals surface area contributed by atoms with Crippen LogP contribution in [0, 0.1) is 11.7 Å². The van der Waals surface area contributed by atoms with E-state index in [0.717, 1.165) is 0 Å². The van der Waals surface area contributed by atoms with Crippen molar-refractivity contribution in [2.24, 2.45) is 11.7 Å². The van der Waals surface area contributed by atoms with E-state index < -0.39 is 18.0 Å². The van der Waals surface area contributed by atoms with Crippen LogP contribution in [-0.4, -0.2) is 69.0 Å². The molecule has 2 N–H and O–H groups in total. The SMILES string of the molecule is CC(C)C(=O)OCCOc1cc2nc(-c3nnc4ccc([C@@H](N5CCC(N)C5)C(F)(F)F)cn34)ccc2cc1F. The van der Waals surface area contributed by atoms with Gasteiger partial charge in [0.15, 0.2) is 23.0 Å². The second-order valence-electron chi connectivity index (χ2n) is 10.0. The van der Waals surface area contributed by atoms with Crippen LogP contribution in [-0.2, 0) is 9.53 Å². The smallest absolute Gasteiger partial charge is 0.408 e. The number of esters is 1. The number of hydrogen-bond donors (Lipinski definition) is 1. The van der Waals surface area contributed by atoms with Crippen LogP contribution in [0.25, 0.3) is 28.1 Å². The summed E-state index contributed by atoms with van der Waals surface area (Å²) >= 11 is 0. The number of pyridine rings is 2. The summed E-state index contributed by atoms with van der Waals surface area (Å²) in [6.07, 6.45) is -2.65. The average molecular weight is 561 g/mol. The van der Waals surface area contributed by atoms with Gasteiger partial charge in [-0.3, -0.25) is 14.1 Å². The second-order valence-corrected chi connectivity index (χ2v) is 10.0. The second kappa shape index (κ2) is 11.0. The number of ether oxygens (including phenoxy) is 2. The van der Waals surface area contributed by atoms with Crippen LogP contribution < -0.4 is 10.5 Å². The molecule has 1 saturated heterocycles. The summed E-state index contributed by atoms with van der Waals surface area (Å²) in [6, 6.07) is 6.63. The van der Waals surface area contributed by atoms with Gasteiger partial charge >= 0.3 is 12.1 Å². The topological polar surface area (TPSA) is 108 Å². The van der Waals surface area contributed by atoms with E-state index in [4.69, 9.17) is 15.2 Å². The Balaban J connectivity index is 1.44. The van der Waals surface area contributed by atoms with E-state index in [1.54, 1.807) is 26.0 Å². The molecule has 40 heavy (non-hydrogen) atoms. The number of rotatable bonds is 8. The van der Waals surface area contributed by atoms with E-state index in [9.17, 15) is 22.4 Å². The van der Waals surface area contributed by atoms with Gasteiger partial charge in [-0.05, 0) is 30.2 Å². The number of likely N-dealkylation sites (tertiary alicyclic amines) is 1. The van der Waals surface area contributed by atoms with Crippen LogP contribution in [0.1, 0.15) is 31.9 Å². The number of hydrogen-bond acceptors (Lipinski definition) is 8. The number of aromatic nitrogens is 4. The van der Waals surface area contributed by atoms with Crippen LogP contribution in [0.4, 0.5) is 17.6 Å². The van der Waals surface area contributed by atoms with Crippen molar-refractivity contribution < 1.29 is 31.8 Å². The van der Waals surface area contributed by atoms with E-state index in [2.05, 4.69) is 15.2 Å². The standard InChI is InChI=1S/C27H28F4N6O3/c1-15(2)26(38)40-10-9-39-22-12-21-16(11-19(22)28)3-5-20(33-21)25-35-34-23-6-4-17(13-37(23)25)24(27(29,30)31)36-8-7-18(32)14-36/h3-6,11-13,15,18,24H,7-10,14,32H2,1-2H3/t18?,24-/m1/s1. The zero-order valence-corrected chi connectivity index (χ0v) is 21.9. The normalized spacial score (nSPS) is 17.1. The number of halogens is 4. The first-order valence-electron chi connectivity index (χ1n) is 12.8. The maximum absolute atomic E-state index is 14.6. The minimum absolute atomic E-state index is 0.0341. The van der Waals surface area contributed by atoms with E-state index in [-0.39, 0.29) is 61.4 Å². The third-order valence-electron chi connectivity index (χ3n) is 6.70. The van der Waals surface area contributed by atoms with Gasteiger partial charge in [0.25, 0.3) is 0 Å². The molecule has 0 spiro atoms.